The molecule has 0 atom stereocenters. The van der Waals surface area contributed by atoms with E-state index in [1.165, 1.54) is 6.07 Å². The van der Waals surface area contributed by atoms with Crippen LogP contribution in [0.5, 0.6) is 5.75 Å². The Morgan fingerprint density at radius 1 is 1.16 bits per heavy atom. The molecule has 0 spiro atoms. The van der Waals surface area contributed by atoms with Crippen LogP contribution in [-0.4, -0.2) is 44.2 Å². The fraction of sp³-hybridized carbons (Fsp3) is 0.278. The Hall–Kier alpha value is -2.28. The van der Waals surface area contributed by atoms with Gasteiger partial charge in [-0.3, -0.25) is 0 Å². The highest BCUT2D eigenvalue weighted by Crippen LogP contribution is 2.23. The van der Waals surface area contributed by atoms with Gasteiger partial charge in [-0.2, -0.15) is 0 Å². The first kappa shape index (κ1) is 17.5. The van der Waals surface area contributed by atoms with Crippen molar-refractivity contribution >= 4 is 33.3 Å². The van der Waals surface area contributed by atoms with Gasteiger partial charge in [0.15, 0.2) is 0 Å². The third-order valence-corrected chi connectivity index (χ3v) is 4.65. The molecule has 5 nitrogen and oxygen atoms in total. The first-order valence-electron chi connectivity index (χ1n) is 7.97. The Morgan fingerprint density at radius 2 is 1.92 bits per heavy atom. The Morgan fingerprint density at radius 3 is 2.60 bits per heavy atom. The van der Waals surface area contributed by atoms with Gasteiger partial charge in [-0.05, 0) is 30.3 Å². The zero-order chi connectivity index (χ0) is 17.8. The molecule has 2 aromatic rings. The van der Waals surface area contributed by atoms with Crippen LogP contribution in [0, 0.1) is 5.82 Å². The normalized spacial score (nSPS) is 14.4. The first-order valence-corrected chi connectivity index (χ1v) is 8.76. The summed E-state index contributed by atoms with van der Waals surface area (Å²) in [6, 6.07) is 12.1. The molecule has 0 bridgehead atoms. The van der Waals surface area contributed by atoms with E-state index in [0.29, 0.717) is 30.7 Å². The maximum absolute atomic E-state index is 13.8. The van der Waals surface area contributed by atoms with E-state index in [0.717, 1.165) is 11.4 Å². The van der Waals surface area contributed by atoms with Crippen molar-refractivity contribution in [3.63, 3.8) is 0 Å². The highest BCUT2D eigenvalue weighted by Gasteiger charge is 2.22. The van der Waals surface area contributed by atoms with E-state index in [9.17, 15) is 9.18 Å². The van der Waals surface area contributed by atoms with E-state index in [2.05, 4.69) is 26.1 Å². The summed E-state index contributed by atoms with van der Waals surface area (Å²) in [7, 11) is 1.64. The molecule has 1 N–H and O–H groups in total. The second kappa shape index (κ2) is 7.74. The average molecular weight is 408 g/mol. The number of carbonyl (C=O) groups is 1. The predicted octanol–water partition coefficient (Wildman–Crippen LogP) is 3.95. The van der Waals surface area contributed by atoms with Gasteiger partial charge in [-0.25, -0.2) is 9.18 Å². The number of amides is 2. The van der Waals surface area contributed by atoms with E-state index in [-0.39, 0.29) is 11.7 Å². The van der Waals surface area contributed by atoms with Crippen molar-refractivity contribution in [1.82, 2.24) is 4.90 Å². The van der Waals surface area contributed by atoms with Gasteiger partial charge in [0, 0.05) is 42.4 Å². The number of nitrogens with one attached hydrogen (secondary N) is 1. The molecule has 1 heterocycles. The van der Waals surface area contributed by atoms with Gasteiger partial charge in [0.2, 0.25) is 0 Å². The molecule has 0 aliphatic carbocycles. The SMILES string of the molecule is COc1cccc(N2CCN(C(=O)Nc3ccc(Br)cc3F)CC2)c1. The molecule has 1 aliphatic heterocycles. The molecule has 0 unspecified atom stereocenters. The van der Waals surface area contributed by atoms with Crippen LogP contribution >= 0.6 is 15.9 Å². The lowest BCUT2D eigenvalue weighted by Gasteiger charge is -2.36. The Balaban J connectivity index is 1.58. The van der Waals surface area contributed by atoms with Crippen molar-refractivity contribution in [3.05, 3.63) is 52.8 Å². The number of nitrogens with zero attached hydrogens (tertiary/aromatic N) is 2. The quantitative estimate of drug-likeness (QED) is 0.837. The van der Waals surface area contributed by atoms with E-state index in [1.54, 1.807) is 24.1 Å². The molecular weight excluding hydrogens is 389 g/mol. The van der Waals surface area contributed by atoms with Crippen molar-refractivity contribution in [2.45, 2.75) is 0 Å². The Bertz CT molecular complexity index is 764. The lowest BCUT2D eigenvalue weighted by atomic mass is 10.2. The summed E-state index contributed by atoms with van der Waals surface area (Å²) in [5, 5.41) is 2.63. The molecule has 132 valence electrons. The average Bonchev–Trinajstić information content (AvgIpc) is 2.64. The number of carbonyl (C=O) groups excluding carboxylic acids is 1. The van der Waals surface area contributed by atoms with Crippen LogP contribution in [-0.2, 0) is 0 Å². The van der Waals surface area contributed by atoms with Crippen molar-refractivity contribution < 1.29 is 13.9 Å². The molecule has 1 fully saturated rings. The third kappa shape index (κ3) is 4.22. The number of benzene rings is 2. The summed E-state index contributed by atoms with van der Waals surface area (Å²) in [4.78, 5) is 16.2. The largest absolute Gasteiger partial charge is 0.497 e. The van der Waals surface area contributed by atoms with Crippen LogP contribution in [0.1, 0.15) is 0 Å². The minimum atomic E-state index is -0.460. The van der Waals surface area contributed by atoms with E-state index in [1.807, 2.05) is 24.3 Å². The molecule has 0 saturated carbocycles. The first-order chi connectivity index (χ1) is 12.1. The summed E-state index contributed by atoms with van der Waals surface area (Å²) in [6.45, 7) is 2.56. The summed E-state index contributed by atoms with van der Waals surface area (Å²) >= 11 is 3.20. The number of hydrogen-bond donors (Lipinski definition) is 1. The van der Waals surface area contributed by atoms with E-state index >= 15 is 0 Å². The van der Waals surface area contributed by atoms with Crippen molar-refractivity contribution in [3.8, 4) is 5.75 Å². The molecule has 2 aromatic carbocycles. The highest BCUT2D eigenvalue weighted by atomic mass is 79.9. The molecule has 3 rings (SSSR count). The molecule has 2 amide bonds. The number of urea groups is 1. The smallest absolute Gasteiger partial charge is 0.322 e. The number of methoxy groups -OCH3 is 1. The van der Waals surface area contributed by atoms with Crippen LogP contribution < -0.4 is 15.0 Å². The molecule has 7 heteroatoms. The van der Waals surface area contributed by atoms with Crippen LogP contribution in [0.15, 0.2) is 46.9 Å². The summed E-state index contributed by atoms with van der Waals surface area (Å²) in [5.74, 6) is 0.348. The zero-order valence-electron chi connectivity index (χ0n) is 13.8. The van der Waals surface area contributed by atoms with E-state index < -0.39 is 5.82 Å². The lowest BCUT2D eigenvalue weighted by molar-refractivity contribution is 0.208. The van der Waals surface area contributed by atoms with E-state index in [4.69, 9.17) is 4.74 Å². The monoisotopic (exact) mass is 407 g/mol. The van der Waals surface area contributed by atoms with Gasteiger partial charge in [-0.1, -0.05) is 22.0 Å². The minimum Gasteiger partial charge on any atom is -0.497 e. The molecule has 1 aliphatic rings. The van der Waals surface area contributed by atoms with Crippen LogP contribution in [0.2, 0.25) is 0 Å². The van der Waals surface area contributed by atoms with Gasteiger partial charge < -0.3 is 19.9 Å². The topological polar surface area (TPSA) is 44.8 Å². The van der Waals surface area contributed by atoms with Crippen molar-refractivity contribution in [2.24, 2.45) is 0 Å². The van der Waals surface area contributed by atoms with Gasteiger partial charge in [0.05, 0.1) is 12.8 Å². The Labute approximate surface area is 154 Å². The third-order valence-electron chi connectivity index (χ3n) is 4.16. The second-order valence-corrected chi connectivity index (χ2v) is 6.65. The second-order valence-electron chi connectivity index (χ2n) is 5.73. The molecule has 25 heavy (non-hydrogen) atoms. The fourth-order valence-electron chi connectivity index (χ4n) is 2.76. The number of hydrogen-bond acceptors (Lipinski definition) is 3. The van der Waals surface area contributed by atoms with Crippen molar-refractivity contribution in [1.29, 1.82) is 0 Å². The van der Waals surface area contributed by atoms with Crippen LogP contribution in [0.4, 0.5) is 20.6 Å². The van der Waals surface area contributed by atoms with Gasteiger partial charge in [0.25, 0.3) is 0 Å². The van der Waals surface area contributed by atoms with Crippen LogP contribution in [0.25, 0.3) is 0 Å². The summed E-state index contributed by atoms with van der Waals surface area (Å²) < 4.78 is 19.7. The van der Waals surface area contributed by atoms with Gasteiger partial charge in [-0.15, -0.1) is 0 Å². The number of ether oxygens (including phenoxy) is 1. The predicted molar refractivity (Wildman–Crippen MR) is 99.9 cm³/mol. The molecule has 1 saturated heterocycles. The van der Waals surface area contributed by atoms with Crippen molar-refractivity contribution in [2.75, 3.05) is 43.5 Å². The fourth-order valence-corrected chi connectivity index (χ4v) is 3.09. The summed E-state index contributed by atoms with van der Waals surface area (Å²) in [5.41, 5.74) is 1.25. The maximum atomic E-state index is 13.8. The van der Waals surface area contributed by atoms with Gasteiger partial charge >= 0.3 is 6.03 Å². The number of halogens is 2. The molecule has 0 aromatic heterocycles. The Kier molecular flexibility index (Phi) is 5.43. The lowest BCUT2D eigenvalue weighted by Crippen LogP contribution is -2.50. The minimum absolute atomic E-state index is 0.184. The summed E-state index contributed by atoms with van der Waals surface area (Å²) in [6.07, 6.45) is 0. The molecule has 0 radical (unpaired) electrons. The number of piperazine rings is 1. The van der Waals surface area contributed by atoms with Gasteiger partial charge in [0.1, 0.15) is 11.6 Å². The molecular formula is C18H19BrFN3O2. The maximum Gasteiger partial charge on any atom is 0.322 e. The number of anilines is 2. The zero-order valence-corrected chi connectivity index (χ0v) is 15.4. The van der Waals surface area contributed by atoms with Crippen LogP contribution in [0.3, 0.4) is 0 Å². The highest BCUT2D eigenvalue weighted by molar-refractivity contribution is 9.10. The number of rotatable bonds is 3. The standard InChI is InChI=1S/C18H19BrFN3O2/c1-25-15-4-2-3-14(12-15)22-7-9-23(10-8-22)18(24)21-17-6-5-13(19)11-16(17)20/h2-6,11-12H,7-10H2,1H3,(H,21,24).